The second kappa shape index (κ2) is 4.45. The Kier molecular flexibility index (Phi) is 4.24. The van der Waals surface area contributed by atoms with Gasteiger partial charge in [-0.05, 0) is 27.2 Å². The highest BCUT2D eigenvalue weighted by molar-refractivity contribution is 5.74. The summed E-state index contributed by atoms with van der Waals surface area (Å²) in [5.41, 5.74) is -0.256. The molecular formula is C9H18O3. The van der Waals surface area contributed by atoms with E-state index in [1.165, 1.54) is 7.11 Å². The fourth-order valence-corrected chi connectivity index (χ4v) is 0.776. The van der Waals surface area contributed by atoms with Gasteiger partial charge in [-0.3, -0.25) is 0 Å². The van der Waals surface area contributed by atoms with Crippen molar-refractivity contribution >= 4 is 5.97 Å². The largest absolute Gasteiger partial charge is 0.467 e. The Hall–Kier alpha value is -0.570. The van der Waals surface area contributed by atoms with E-state index in [0.29, 0.717) is 0 Å². The van der Waals surface area contributed by atoms with Crippen molar-refractivity contribution in [3.05, 3.63) is 0 Å². The molecule has 0 N–H and O–H groups in total. The van der Waals surface area contributed by atoms with E-state index in [1.54, 1.807) is 6.92 Å². The summed E-state index contributed by atoms with van der Waals surface area (Å²) in [6, 6.07) is 0. The average molecular weight is 174 g/mol. The zero-order chi connectivity index (χ0) is 9.78. The predicted octanol–water partition coefficient (Wildman–Crippen LogP) is 1.75. The second-order valence-corrected chi connectivity index (χ2v) is 3.40. The summed E-state index contributed by atoms with van der Waals surface area (Å²) >= 11 is 0. The molecule has 0 unspecified atom stereocenters. The number of carbonyl (C=O) groups is 1. The molecule has 3 heteroatoms. The third-order valence-electron chi connectivity index (χ3n) is 1.88. The molecule has 0 saturated carbocycles. The monoisotopic (exact) mass is 174 g/mol. The lowest BCUT2D eigenvalue weighted by molar-refractivity contribution is -0.163. The van der Waals surface area contributed by atoms with Crippen molar-refractivity contribution in [2.75, 3.05) is 7.11 Å². The van der Waals surface area contributed by atoms with Crippen LogP contribution in [-0.4, -0.2) is 24.8 Å². The first-order chi connectivity index (χ1) is 5.43. The van der Waals surface area contributed by atoms with Gasteiger partial charge in [0.2, 0.25) is 0 Å². The van der Waals surface area contributed by atoms with Gasteiger partial charge in [0.05, 0.1) is 12.7 Å². The Balaban J connectivity index is 3.99. The van der Waals surface area contributed by atoms with Gasteiger partial charge < -0.3 is 9.47 Å². The minimum atomic E-state index is -0.482. The number of carbonyl (C=O) groups excluding carboxylic acids is 1. The standard InChI is InChI=1S/C9H18O3/c1-6-9(3,4)12-7(2)8(10)11-5/h7H,6H2,1-5H3/t7-/m1/s1. The Morgan fingerprint density at radius 2 is 2.00 bits per heavy atom. The highest BCUT2D eigenvalue weighted by Crippen LogP contribution is 2.16. The Morgan fingerprint density at radius 3 is 2.33 bits per heavy atom. The Morgan fingerprint density at radius 1 is 1.50 bits per heavy atom. The molecular weight excluding hydrogens is 156 g/mol. The minimum Gasteiger partial charge on any atom is -0.467 e. The van der Waals surface area contributed by atoms with Crippen molar-refractivity contribution in [3.8, 4) is 0 Å². The van der Waals surface area contributed by atoms with E-state index in [1.807, 2.05) is 20.8 Å². The SMILES string of the molecule is CCC(C)(C)O[C@H](C)C(=O)OC. The molecule has 0 radical (unpaired) electrons. The highest BCUT2D eigenvalue weighted by Gasteiger charge is 2.23. The summed E-state index contributed by atoms with van der Waals surface area (Å²) in [5.74, 6) is -0.323. The molecule has 0 heterocycles. The molecule has 0 amide bonds. The molecule has 0 spiro atoms. The van der Waals surface area contributed by atoms with Gasteiger partial charge in [-0.1, -0.05) is 6.92 Å². The van der Waals surface area contributed by atoms with Gasteiger partial charge in [0.15, 0.2) is 6.10 Å². The van der Waals surface area contributed by atoms with Crippen LogP contribution in [0.4, 0.5) is 0 Å². The highest BCUT2D eigenvalue weighted by atomic mass is 16.6. The predicted molar refractivity (Wildman–Crippen MR) is 46.9 cm³/mol. The average Bonchev–Trinajstić information content (AvgIpc) is 2.02. The number of hydrogen-bond donors (Lipinski definition) is 0. The van der Waals surface area contributed by atoms with Gasteiger partial charge >= 0.3 is 5.97 Å². The van der Waals surface area contributed by atoms with Crippen molar-refractivity contribution in [3.63, 3.8) is 0 Å². The number of hydrogen-bond acceptors (Lipinski definition) is 3. The zero-order valence-corrected chi connectivity index (χ0v) is 8.51. The lowest BCUT2D eigenvalue weighted by Crippen LogP contribution is -2.33. The maximum absolute atomic E-state index is 11.0. The van der Waals surface area contributed by atoms with Crippen LogP contribution in [0.5, 0.6) is 0 Å². The Bertz CT molecular complexity index is 152. The molecule has 72 valence electrons. The smallest absolute Gasteiger partial charge is 0.334 e. The molecule has 0 aliphatic carbocycles. The molecule has 3 nitrogen and oxygen atoms in total. The summed E-state index contributed by atoms with van der Waals surface area (Å²) in [7, 11) is 1.36. The van der Waals surface area contributed by atoms with Crippen molar-refractivity contribution in [2.45, 2.75) is 45.8 Å². The van der Waals surface area contributed by atoms with Crippen LogP contribution >= 0.6 is 0 Å². The van der Waals surface area contributed by atoms with Gasteiger partial charge in [0.25, 0.3) is 0 Å². The van der Waals surface area contributed by atoms with Crippen LogP contribution in [-0.2, 0) is 14.3 Å². The molecule has 0 aromatic carbocycles. The first kappa shape index (κ1) is 11.4. The van der Waals surface area contributed by atoms with E-state index in [-0.39, 0.29) is 11.6 Å². The molecule has 0 rings (SSSR count). The maximum Gasteiger partial charge on any atom is 0.334 e. The number of ether oxygens (including phenoxy) is 2. The van der Waals surface area contributed by atoms with Gasteiger partial charge in [-0.15, -0.1) is 0 Å². The lowest BCUT2D eigenvalue weighted by atomic mass is 10.1. The van der Waals surface area contributed by atoms with E-state index in [9.17, 15) is 4.79 Å². The van der Waals surface area contributed by atoms with Gasteiger partial charge in [-0.2, -0.15) is 0 Å². The summed E-state index contributed by atoms with van der Waals surface area (Å²) in [6.45, 7) is 7.62. The van der Waals surface area contributed by atoms with Crippen molar-refractivity contribution < 1.29 is 14.3 Å². The van der Waals surface area contributed by atoms with Gasteiger partial charge in [-0.25, -0.2) is 4.79 Å². The molecule has 0 saturated heterocycles. The summed E-state index contributed by atoms with van der Waals surface area (Å²) in [4.78, 5) is 11.0. The number of methoxy groups -OCH3 is 1. The summed E-state index contributed by atoms with van der Waals surface area (Å²) in [6.07, 6.45) is 0.388. The van der Waals surface area contributed by atoms with Crippen LogP contribution in [0.1, 0.15) is 34.1 Å². The van der Waals surface area contributed by atoms with Crippen LogP contribution in [0.2, 0.25) is 0 Å². The first-order valence-electron chi connectivity index (χ1n) is 4.18. The molecule has 1 atom stereocenters. The number of esters is 1. The fourth-order valence-electron chi connectivity index (χ4n) is 0.776. The molecule has 0 aromatic heterocycles. The van der Waals surface area contributed by atoms with Gasteiger partial charge in [0, 0.05) is 0 Å². The topological polar surface area (TPSA) is 35.5 Å². The molecule has 12 heavy (non-hydrogen) atoms. The lowest BCUT2D eigenvalue weighted by Gasteiger charge is -2.26. The maximum atomic E-state index is 11.0. The molecule has 0 aromatic rings. The molecule has 0 aliphatic rings. The molecule has 0 bridgehead atoms. The van der Waals surface area contributed by atoms with E-state index in [0.717, 1.165) is 6.42 Å². The third kappa shape index (κ3) is 3.72. The first-order valence-corrected chi connectivity index (χ1v) is 4.18. The summed E-state index contributed by atoms with van der Waals surface area (Å²) < 4.78 is 10.0. The second-order valence-electron chi connectivity index (χ2n) is 3.40. The van der Waals surface area contributed by atoms with Crippen LogP contribution < -0.4 is 0 Å². The van der Waals surface area contributed by atoms with Crippen molar-refractivity contribution in [1.29, 1.82) is 0 Å². The molecule has 0 aliphatic heterocycles. The summed E-state index contributed by atoms with van der Waals surface area (Å²) in [5, 5.41) is 0. The van der Waals surface area contributed by atoms with E-state index in [2.05, 4.69) is 4.74 Å². The number of rotatable bonds is 4. The van der Waals surface area contributed by atoms with Crippen LogP contribution in [0.15, 0.2) is 0 Å². The zero-order valence-electron chi connectivity index (χ0n) is 8.51. The van der Waals surface area contributed by atoms with Crippen molar-refractivity contribution in [1.82, 2.24) is 0 Å². The van der Waals surface area contributed by atoms with E-state index in [4.69, 9.17) is 4.74 Å². The van der Waals surface area contributed by atoms with E-state index < -0.39 is 6.10 Å². The third-order valence-corrected chi connectivity index (χ3v) is 1.88. The van der Waals surface area contributed by atoms with E-state index >= 15 is 0 Å². The molecule has 0 fully saturated rings. The van der Waals surface area contributed by atoms with Crippen LogP contribution in [0.3, 0.4) is 0 Å². The van der Waals surface area contributed by atoms with Crippen LogP contribution in [0.25, 0.3) is 0 Å². The quantitative estimate of drug-likeness (QED) is 0.609. The van der Waals surface area contributed by atoms with Gasteiger partial charge in [0.1, 0.15) is 0 Å². The van der Waals surface area contributed by atoms with Crippen molar-refractivity contribution in [2.24, 2.45) is 0 Å². The fraction of sp³-hybridized carbons (Fsp3) is 0.889. The minimum absolute atomic E-state index is 0.256. The normalized spacial score (nSPS) is 14.1. The Labute approximate surface area is 74.0 Å². The van der Waals surface area contributed by atoms with Crippen LogP contribution in [0, 0.1) is 0 Å².